The summed E-state index contributed by atoms with van der Waals surface area (Å²) in [6.07, 6.45) is 50.1. The van der Waals surface area contributed by atoms with Gasteiger partial charge in [0.2, 0.25) is 0 Å². The Hall–Kier alpha value is -2.78. The summed E-state index contributed by atoms with van der Waals surface area (Å²) in [5.74, 6) is 5.46. The maximum Gasteiger partial charge on any atom is 0.331 e. The molecule has 366 valence electrons. The highest BCUT2D eigenvalue weighted by Gasteiger charge is 2.60. The molecule has 0 radical (unpaired) electrons. The van der Waals surface area contributed by atoms with E-state index in [0.717, 1.165) is 51.4 Å². The van der Waals surface area contributed by atoms with Gasteiger partial charge in [-0.05, 0) is 103 Å². The molecule has 0 saturated heterocycles. The average molecular weight is 907 g/mol. The van der Waals surface area contributed by atoms with Crippen molar-refractivity contribution in [3.8, 4) is 0 Å². The molecular weight excluding hydrogens is 817 g/mol. The number of aromatic nitrogens is 4. The van der Waals surface area contributed by atoms with Crippen LogP contribution >= 0.6 is 0 Å². The van der Waals surface area contributed by atoms with Crippen molar-refractivity contribution < 1.29 is 0 Å². The Morgan fingerprint density at radius 3 is 0.530 bits per heavy atom. The fourth-order valence-corrected chi connectivity index (χ4v) is 17.0. The van der Waals surface area contributed by atoms with Gasteiger partial charge in [-0.2, -0.15) is 0 Å². The van der Waals surface area contributed by atoms with Crippen LogP contribution in [-0.2, 0) is 0 Å². The van der Waals surface area contributed by atoms with E-state index in [-0.39, 0.29) is 12.3 Å². The van der Waals surface area contributed by atoms with Gasteiger partial charge < -0.3 is 19.6 Å². The van der Waals surface area contributed by atoms with E-state index < -0.39 is 0 Å². The van der Waals surface area contributed by atoms with E-state index in [4.69, 9.17) is 0 Å². The molecule has 10 aliphatic rings. The molecule has 0 amide bonds. The van der Waals surface area contributed by atoms with E-state index in [2.05, 4.69) is 37.9 Å². The van der Waals surface area contributed by atoms with Crippen LogP contribution in [0.15, 0.2) is 9.59 Å². The zero-order chi connectivity index (χ0) is 44.1. The highest BCUT2D eigenvalue weighted by molar-refractivity contribution is 5.80. The number of nitrogens with zero attached hydrogens (tertiary/aromatic N) is 8. The third-order valence-electron chi connectivity index (χ3n) is 20.2. The highest BCUT2D eigenvalue weighted by atomic mass is 16.2. The molecule has 0 bridgehead atoms. The fraction of sp³-hybridized carbons (Fsp3) is 0.893. The molecule has 2 aromatic heterocycles. The standard InChI is InChI=1S/C56H90N8O2/c65-55-61(45-33-17-5-18-34-45)51-52(62(55)46-35-19-6-20-36-46)58(42-27-11-2-12-28-42)49(57(51)41-25-9-1-10-26-41)50-59(43-29-13-3-14-30-43)53-54(60(50)44-31-15-4-16-32-44)64(48-39-23-8-24-40-48)56(66)63(53)47-37-21-7-22-38-47/h41-50H,1-40H2. The van der Waals surface area contributed by atoms with E-state index in [1.54, 1.807) is 0 Å². The van der Waals surface area contributed by atoms with Gasteiger partial charge in [-0.1, -0.05) is 154 Å². The second-order valence-electron chi connectivity index (χ2n) is 24.1. The van der Waals surface area contributed by atoms with Crippen molar-refractivity contribution in [1.82, 2.24) is 18.3 Å². The number of imidazole rings is 2. The van der Waals surface area contributed by atoms with Crippen molar-refractivity contribution in [2.24, 2.45) is 0 Å². The molecule has 2 aliphatic heterocycles. The molecule has 0 atom stereocenters. The predicted octanol–water partition coefficient (Wildman–Crippen LogP) is 13.6. The van der Waals surface area contributed by atoms with E-state index in [0.29, 0.717) is 59.7 Å². The van der Waals surface area contributed by atoms with Gasteiger partial charge in [0.25, 0.3) is 0 Å². The Morgan fingerprint density at radius 2 is 0.364 bits per heavy atom. The average Bonchev–Trinajstić information content (AvgIpc) is 4.08. The Bertz CT molecular complexity index is 1770. The first-order valence-corrected chi connectivity index (χ1v) is 29.6. The maximum absolute atomic E-state index is 15.9. The van der Waals surface area contributed by atoms with Crippen LogP contribution in [0.25, 0.3) is 0 Å². The number of rotatable bonds is 9. The van der Waals surface area contributed by atoms with Crippen LogP contribution in [-0.4, -0.2) is 54.8 Å². The molecule has 0 aromatic carbocycles. The zero-order valence-corrected chi connectivity index (χ0v) is 41.5. The largest absolute Gasteiger partial charge is 0.331 e. The van der Waals surface area contributed by atoms with E-state index in [9.17, 15) is 0 Å². The number of fused-ring (bicyclic) bond motifs is 2. The number of anilines is 4. The Morgan fingerprint density at radius 1 is 0.212 bits per heavy atom. The fourth-order valence-electron chi connectivity index (χ4n) is 17.0. The molecule has 0 unspecified atom stereocenters. The summed E-state index contributed by atoms with van der Waals surface area (Å²) in [5, 5.41) is 0. The van der Waals surface area contributed by atoms with E-state index in [1.807, 2.05) is 0 Å². The van der Waals surface area contributed by atoms with Crippen molar-refractivity contribution >= 4 is 23.3 Å². The van der Waals surface area contributed by atoms with Crippen molar-refractivity contribution in [2.45, 2.75) is 317 Å². The van der Waals surface area contributed by atoms with Gasteiger partial charge in [-0.15, -0.1) is 0 Å². The Kier molecular flexibility index (Phi) is 13.2. The minimum atomic E-state index is 0.109. The van der Waals surface area contributed by atoms with Gasteiger partial charge in [0.1, 0.15) is 12.3 Å². The lowest BCUT2D eigenvalue weighted by Gasteiger charge is -2.53. The van der Waals surface area contributed by atoms with Gasteiger partial charge in [-0.25, -0.2) is 9.59 Å². The maximum atomic E-state index is 15.9. The second-order valence-corrected chi connectivity index (χ2v) is 24.1. The summed E-state index contributed by atoms with van der Waals surface area (Å²) in [5.41, 5.74) is 0.688. The number of hydrogen-bond acceptors (Lipinski definition) is 6. The lowest BCUT2D eigenvalue weighted by atomic mass is 9.90. The van der Waals surface area contributed by atoms with Crippen LogP contribution in [0.4, 0.5) is 23.3 Å². The second kappa shape index (κ2) is 19.5. The first kappa shape index (κ1) is 44.4. The molecule has 2 aromatic rings. The van der Waals surface area contributed by atoms with Crippen LogP contribution in [0.2, 0.25) is 0 Å². The van der Waals surface area contributed by atoms with Crippen molar-refractivity contribution in [1.29, 1.82) is 0 Å². The lowest BCUT2D eigenvalue weighted by molar-refractivity contribution is 0.262. The summed E-state index contributed by atoms with van der Waals surface area (Å²) < 4.78 is 10.1. The van der Waals surface area contributed by atoms with Crippen LogP contribution in [0.5, 0.6) is 0 Å². The lowest BCUT2D eigenvalue weighted by Crippen LogP contribution is -2.69. The smallest absolute Gasteiger partial charge is 0.328 e. The molecule has 0 N–H and O–H groups in total. The quantitative estimate of drug-likeness (QED) is 0.250. The van der Waals surface area contributed by atoms with Crippen molar-refractivity contribution in [3.05, 3.63) is 21.0 Å². The van der Waals surface area contributed by atoms with Crippen LogP contribution in [0, 0.1) is 0 Å². The molecule has 66 heavy (non-hydrogen) atoms. The summed E-state index contributed by atoms with van der Waals surface area (Å²) in [6.45, 7) is 0. The molecule has 8 aliphatic carbocycles. The highest BCUT2D eigenvalue weighted by Crippen LogP contribution is 2.57. The van der Waals surface area contributed by atoms with Gasteiger partial charge >= 0.3 is 11.4 Å². The molecule has 4 heterocycles. The Balaban J connectivity index is 1.14. The van der Waals surface area contributed by atoms with E-state index >= 15 is 9.59 Å². The van der Waals surface area contributed by atoms with Gasteiger partial charge in [0.05, 0.1) is 0 Å². The topological polar surface area (TPSA) is 66.8 Å². The van der Waals surface area contributed by atoms with Gasteiger partial charge in [0, 0.05) is 48.3 Å². The van der Waals surface area contributed by atoms with Crippen molar-refractivity contribution in [2.75, 3.05) is 19.6 Å². The molecule has 10 nitrogen and oxygen atoms in total. The molecular formula is C56H90N8O2. The van der Waals surface area contributed by atoms with Crippen LogP contribution in [0.1, 0.15) is 281 Å². The Labute approximate surface area is 398 Å². The third kappa shape index (κ3) is 7.75. The van der Waals surface area contributed by atoms with E-state index in [1.165, 1.54) is 229 Å². The summed E-state index contributed by atoms with van der Waals surface area (Å²) in [6, 6.07) is 2.87. The normalized spacial score (nSPS) is 27.7. The van der Waals surface area contributed by atoms with Crippen LogP contribution < -0.4 is 31.0 Å². The molecule has 8 fully saturated rings. The molecule has 10 heteroatoms. The zero-order valence-electron chi connectivity index (χ0n) is 41.5. The first-order chi connectivity index (χ1) is 32.7. The van der Waals surface area contributed by atoms with Crippen molar-refractivity contribution in [3.63, 3.8) is 0 Å². The minimum absolute atomic E-state index is 0.109. The van der Waals surface area contributed by atoms with Gasteiger partial charge in [-0.3, -0.25) is 18.3 Å². The molecule has 12 rings (SSSR count). The third-order valence-corrected chi connectivity index (χ3v) is 20.2. The monoisotopic (exact) mass is 907 g/mol. The first-order valence-electron chi connectivity index (χ1n) is 29.6. The van der Waals surface area contributed by atoms with Gasteiger partial charge in [0.15, 0.2) is 23.3 Å². The van der Waals surface area contributed by atoms with Crippen LogP contribution in [0.3, 0.4) is 0 Å². The summed E-state index contributed by atoms with van der Waals surface area (Å²) in [7, 11) is 0. The molecule has 8 saturated carbocycles. The minimum Gasteiger partial charge on any atom is -0.328 e. The predicted molar refractivity (Wildman–Crippen MR) is 271 cm³/mol. The number of hydrogen-bond donors (Lipinski definition) is 0. The summed E-state index contributed by atoms with van der Waals surface area (Å²) >= 11 is 0. The summed E-state index contributed by atoms with van der Waals surface area (Å²) in [4.78, 5) is 44.2. The molecule has 0 spiro atoms. The SMILES string of the molecule is O=c1n(C2CCCCC2)c2c(n1C1CCCCC1)N(C1CCCCC1)C(C1N(C3CCCCC3)c3c(n(C4CCCCC4)c(=O)n3C3CCCCC3)N1C1CCCCC1)N2C1CCCCC1.